The third-order valence-corrected chi connectivity index (χ3v) is 3.96. The summed E-state index contributed by atoms with van der Waals surface area (Å²) in [6.07, 6.45) is 5.93. The molecule has 0 amide bonds. The van der Waals surface area contributed by atoms with E-state index in [9.17, 15) is 5.11 Å². The molecule has 1 N–H and O–H groups in total. The van der Waals surface area contributed by atoms with E-state index in [4.69, 9.17) is 0 Å². The molecular formula is C14H29NO. The van der Waals surface area contributed by atoms with Crippen LogP contribution in [0.2, 0.25) is 0 Å². The summed E-state index contributed by atoms with van der Waals surface area (Å²) in [6, 6.07) is 0.633. The van der Waals surface area contributed by atoms with Crippen molar-refractivity contribution < 1.29 is 5.11 Å². The minimum atomic E-state index is -0.0533. The summed E-state index contributed by atoms with van der Waals surface area (Å²) in [5, 5.41) is 9.95. The van der Waals surface area contributed by atoms with Gasteiger partial charge in [0.1, 0.15) is 0 Å². The zero-order valence-electron chi connectivity index (χ0n) is 11.4. The van der Waals surface area contributed by atoms with E-state index in [-0.39, 0.29) is 6.10 Å². The average molecular weight is 227 g/mol. The molecule has 3 unspecified atom stereocenters. The van der Waals surface area contributed by atoms with Crippen LogP contribution in [0.1, 0.15) is 52.9 Å². The molecule has 2 nitrogen and oxygen atoms in total. The average Bonchev–Trinajstić information content (AvgIpc) is 2.20. The summed E-state index contributed by atoms with van der Waals surface area (Å²) in [5.74, 6) is 1.27. The van der Waals surface area contributed by atoms with Crippen LogP contribution in [0.3, 0.4) is 0 Å². The minimum Gasteiger partial charge on any atom is -0.393 e. The maximum atomic E-state index is 9.95. The molecule has 0 aromatic carbocycles. The predicted octanol–water partition coefficient (Wildman–Crippen LogP) is 2.90. The van der Waals surface area contributed by atoms with Crippen LogP contribution in [0.15, 0.2) is 0 Å². The molecule has 16 heavy (non-hydrogen) atoms. The highest BCUT2D eigenvalue weighted by molar-refractivity contribution is 4.78. The normalized spacial score (nSPS) is 28.7. The van der Waals surface area contributed by atoms with Crippen molar-refractivity contribution in [2.75, 3.05) is 13.6 Å². The Hall–Kier alpha value is -0.0800. The SMILES string of the molecule is CC(C)CC(C)N(C)CC1CCCCC1O. The third-order valence-electron chi connectivity index (χ3n) is 3.96. The Morgan fingerprint density at radius 1 is 1.19 bits per heavy atom. The molecule has 0 aromatic rings. The van der Waals surface area contributed by atoms with Crippen LogP contribution in [-0.4, -0.2) is 35.7 Å². The summed E-state index contributed by atoms with van der Waals surface area (Å²) in [7, 11) is 2.20. The van der Waals surface area contributed by atoms with Crippen molar-refractivity contribution in [3.05, 3.63) is 0 Å². The fourth-order valence-electron chi connectivity index (χ4n) is 2.81. The smallest absolute Gasteiger partial charge is 0.0580 e. The van der Waals surface area contributed by atoms with Gasteiger partial charge in [0.15, 0.2) is 0 Å². The fraction of sp³-hybridized carbons (Fsp3) is 1.00. The molecule has 2 heteroatoms. The first-order valence-electron chi connectivity index (χ1n) is 6.89. The van der Waals surface area contributed by atoms with Gasteiger partial charge in [0.25, 0.3) is 0 Å². The molecule has 3 atom stereocenters. The topological polar surface area (TPSA) is 23.5 Å². The highest BCUT2D eigenvalue weighted by Crippen LogP contribution is 2.25. The maximum Gasteiger partial charge on any atom is 0.0580 e. The van der Waals surface area contributed by atoms with Gasteiger partial charge < -0.3 is 10.0 Å². The first-order chi connectivity index (χ1) is 7.50. The van der Waals surface area contributed by atoms with Crippen LogP contribution >= 0.6 is 0 Å². The molecule has 1 rings (SSSR count). The lowest BCUT2D eigenvalue weighted by atomic mass is 9.86. The number of hydrogen-bond acceptors (Lipinski definition) is 2. The molecule has 0 aliphatic heterocycles. The number of hydrogen-bond donors (Lipinski definition) is 1. The summed E-state index contributed by atoms with van der Waals surface area (Å²) < 4.78 is 0. The van der Waals surface area contributed by atoms with Gasteiger partial charge in [-0.15, -0.1) is 0 Å². The molecule has 0 radical (unpaired) electrons. The van der Waals surface area contributed by atoms with Crippen LogP contribution in [-0.2, 0) is 0 Å². The van der Waals surface area contributed by atoms with E-state index in [0.29, 0.717) is 12.0 Å². The Kier molecular flexibility index (Phi) is 5.77. The van der Waals surface area contributed by atoms with Gasteiger partial charge in [-0.25, -0.2) is 0 Å². The largest absolute Gasteiger partial charge is 0.393 e. The van der Waals surface area contributed by atoms with Crippen LogP contribution < -0.4 is 0 Å². The van der Waals surface area contributed by atoms with Gasteiger partial charge in [-0.05, 0) is 45.1 Å². The van der Waals surface area contributed by atoms with Gasteiger partial charge in [0.2, 0.25) is 0 Å². The van der Waals surface area contributed by atoms with Crippen molar-refractivity contribution in [2.24, 2.45) is 11.8 Å². The Morgan fingerprint density at radius 2 is 1.81 bits per heavy atom. The summed E-state index contributed by atoms with van der Waals surface area (Å²) in [5.41, 5.74) is 0. The van der Waals surface area contributed by atoms with E-state index in [0.717, 1.165) is 18.9 Å². The molecule has 1 fully saturated rings. The Labute approximate surface area is 101 Å². The first-order valence-corrected chi connectivity index (χ1v) is 6.89. The molecule has 0 saturated heterocycles. The van der Waals surface area contributed by atoms with Gasteiger partial charge in [0, 0.05) is 12.6 Å². The number of rotatable bonds is 5. The van der Waals surface area contributed by atoms with Crippen molar-refractivity contribution >= 4 is 0 Å². The van der Waals surface area contributed by atoms with E-state index in [2.05, 4.69) is 32.7 Å². The van der Waals surface area contributed by atoms with E-state index in [1.165, 1.54) is 25.7 Å². The zero-order valence-corrected chi connectivity index (χ0v) is 11.4. The van der Waals surface area contributed by atoms with E-state index < -0.39 is 0 Å². The first kappa shape index (κ1) is 14.0. The lowest BCUT2D eigenvalue weighted by Gasteiger charge is -2.34. The number of aliphatic hydroxyl groups is 1. The van der Waals surface area contributed by atoms with Crippen LogP contribution in [0.25, 0.3) is 0 Å². The van der Waals surface area contributed by atoms with Gasteiger partial charge in [-0.3, -0.25) is 0 Å². The predicted molar refractivity (Wildman–Crippen MR) is 69.5 cm³/mol. The second-order valence-corrected chi connectivity index (χ2v) is 6.03. The van der Waals surface area contributed by atoms with E-state index in [1.807, 2.05) is 0 Å². The molecule has 1 aliphatic rings. The standard InChI is InChI=1S/C14H29NO/c1-11(2)9-12(3)15(4)10-13-7-5-6-8-14(13)16/h11-14,16H,5-10H2,1-4H3. The van der Waals surface area contributed by atoms with Crippen LogP contribution in [0.4, 0.5) is 0 Å². The van der Waals surface area contributed by atoms with Crippen molar-refractivity contribution in [3.63, 3.8) is 0 Å². The van der Waals surface area contributed by atoms with E-state index >= 15 is 0 Å². The number of nitrogens with zero attached hydrogens (tertiary/aromatic N) is 1. The van der Waals surface area contributed by atoms with Gasteiger partial charge in [-0.2, -0.15) is 0 Å². The van der Waals surface area contributed by atoms with E-state index in [1.54, 1.807) is 0 Å². The van der Waals surface area contributed by atoms with Crippen molar-refractivity contribution in [1.82, 2.24) is 4.90 Å². The minimum absolute atomic E-state index is 0.0533. The summed E-state index contributed by atoms with van der Waals surface area (Å²) in [6.45, 7) is 7.92. The Balaban J connectivity index is 2.34. The molecule has 1 saturated carbocycles. The van der Waals surface area contributed by atoms with Gasteiger partial charge in [-0.1, -0.05) is 26.7 Å². The summed E-state index contributed by atoms with van der Waals surface area (Å²) >= 11 is 0. The quantitative estimate of drug-likeness (QED) is 0.780. The highest BCUT2D eigenvalue weighted by Gasteiger charge is 2.25. The van der Waals surface area contributed by atoms with Crippen molar-refractivity contribution in [1.29, 1.82) is 0 Å². The zero-order chi connectivity index (χ0) is 12.1. The second-order valence-electron chi connectivity index (χ2n) is 6.03. The molecule has 1 aliphatic carbocycles. The molecule has 96 valence electrons. The lowest BCUT2D eigenvalue weighted by Crippen LogP contribution is -2.39. The lowest BCUT2D eigenvalue weighted by molar-refractivity contribution is 0.0429. The molecule has 0 spiro atoms. The monoisotopic (exact) mass is 227 g/mol. The van der Waals surface area contributed by atoms with Gasteiger partial charge in [0.05, 0.1) is 6.10 Å². The highest BCUT2D eigenvalue weighted by atomic mass is 16.3. The van der Waals surface area contributed by atoms with Crippen LogP contribution in [0.5, 0.6) is 0 Å². The van der Waals surface area contributed by atoms with Crippen LogP contribution in [0, 0.1) is 11.8 Å². The Bertz CT molecular complexity index is 193. The third kappa shape index (κ3) is 4.42. The maximum absolute atomic E-state index is 9.95. The van der Waals surface area contributed by atoms with Crippen molar-refractivity contribution in [3.8, 4) is 0 Å². The molecule has 0 aromatic heterocycles. The Morgan fingerprint density at radius 3 is 2.38 bits per heavy atom. The second kappa shape index (κ2) is 6.61. The number of aliphatic hydroxyl groups excluding tert-OH is 1. The van der Waals surface area contributed by atoms with Gasteiger partial charge >= 0.3 is 0 Å². The van der Waals surface area contributed by atoms with Crippen molar-refractivity contribution in [2.45, 2.75) is 65.0 Å². The molecule has 0 bridgehead atoms. The fourth-order valence-corrected chi connectivity index (χ4v) is 2.81. The summed E-state index contributed by atoms with van der Waals surface area (Å²) in [4.78, 5) is 2.43. The molecular weight excluding hydrogens is 198 g/mol. The molecule has 0 heterocycles.